The van der Waals surface area contributed by atoms with Crippen LogP contribution in [0.5, 0.6) is 0 Å². The molecule has 0 atom stereocenters. The molecule has 0 saturated carbocycles. The fraction of sp³-hybridized carbons (Fsp3) is 0.412. The second-order valence-corrected chi connectivity index (χ2v) is 6.13. The molecule has 0 aliphatic carbocycles. The maximum absolute atomic E-state index is 5.64. The number of hydrogen-bond donors (Lipinski definition) is 2. The van der Waals surface area contributed by atoms with Crippen LogP contribution >= 0.6 is 35.3 Å². The number of ether oxygens (including phenoxy) is 1. The molecule has 2 N–H and O–H groups in total. The largest absolute Gasteiger partial charge is 0.375 e. The third kappa shape index (κ3) is 8.07. The van der Waals surface area contributed by atoms with Gasteiger partial charge in [-0.05, 0) is 12.5 Å². The van der Waals surface area contributed by atoms with Gasteiger partial charge in [0.1, 0.15) is 0 Å². The molecule has 0 aliphatic rings. The summed E-state index contributed by atoms with van der Waals surface area (Å²) in [6.07, 6.45) is 0.898. The quantitative estimate of drug-likeness (QED) is 0.275. The fourth-order valence-corrected chi connectivity index (χ4v) is 2.71. The lowest BCUT2D eigenvalue weighted by Crippen LogP contribution is -2.39. The minimum Gasteiger partial charge on any atom is -0.375 e. The number of nitrogens with zero attached hydrogens (tertiary/aromatic N) is 2. The second-order valence-electron chi connectivity index (χ2n) is 5.07. The van der Waals surface area contributed by atoms with Gasteiger partial charge in [0.25, 0.3) is 0 Å². The SMILES string of the molecule is CN=C(NCCOCc1ccccc1)NCCc1csc(C)n1.I. The summed E-state index contributed by atoms with van der Waals surface area (Å²) in [6, 6.07) is 10.2. The highest BCUT2D eigenvalue weighted by Crippen LogP contribution is 2.07. The molecule has 0 spiro atoms. The summed E-state index contributed by atoms with van der Waals surface area (Å²) in [7, 11) is 1.77. The monoisotopic (exact) mass is 460 g/mol. The summed E-state index contributed by atoms with van der Waals surface area (Å²) >= 11 is 1.69. The van der Waals surface area contributed by atoms with Crippen LogP contribution in [-0.4, -0.2) is 37.7 Å². The Morgan fingerprint density at radius 2 is 1.96 bits per heavy atom. The van der Waals surface area contributed by atoms with Crippen LogP contribution < -0.4 is 10.6 Å². The molecule has 0 saturated heterocycles. The Kier molecular flexibility index (Phi) is 10.6. The average molecular weight is 460 g/mol. The number of thiazole rings is 1. The highest BCUT2D eigenvalue weighted by Gasteiger charge is 2.00. The Morgan fingerprint density at radius 3 is 2.62 bits per heavy atom. The second kappa shape index (κ2) is 12.2. The van der Waals surface area contributed by atoms with E-state index in [1.165, 1.54) is 5.56 Å². The van der Waals surface area contributed by atoms with Crippen LogP contribution in [0.2, 0.25) is 0 Å². The molecule has 1 aromatic carbocycles. The number of aromatic nitrogens is 1. The molecule has 2 rings (SSSR count). The minimum atomic E-state index is 0. The number of guanidine groups is 1. The molecule has 24 heavy (non-hydrogen) atoms. The number of hydrogen-bond acceptors (Lipinski definition) is 4. The van der Waals surface area contributed by atoms with E-state index < -0.39 is 0 Å². The predicted molar refractivity (Wildman–Crippen MR) is 111 cm³/mol. The first kappa shape index (κ1) is 20.9. The molecule has 0 bridgehead atoms. The normalized spacial score (nSPS) is 11.0. The summed E-state index contributed by atoms with van der Waals surface area (Å²) in [5, 5.41) is 9.74. The zero-order chi connectivity index (χ0) is 16.3. The van der Waals surface area contributed by atoms with E-state index in [1.54, 1.807) is 18.4 Å². The molecule has 132 valence electrons. The summed E-state index contributed by atoms with van der Waals surface area (Å²) < 4.78 is 5.64. The summed E-state index contributed by atoms with van der Waals surface area (Å²) in [5.41, 5.74) is 2.32. The molecular formula is C17H25IN4OS. The summed E-state index contributed by atoms with van der Waals surface area (Å²) in [5.74, 6) is 0.792. The van der Waals surface area contributed by atoms with Crippen LogP contribution in [0.1, 0.15) is 16.3 Å². The van der Waals surface area contributed by atoms with Crippen LogP contribution in [-0.2, 0) is 17.8 Å². The van der Waals surface area contributed by atoms with Gasteiger partial charge in [0.05, 0.1) is 23.9 Å². The van der Waals surface area contributed by atoms with Crippen molar-refractivity contribution in [1.82, 2.24) is 15.6 Å². The maximum atomic E-state index is 5.64. The van der Waals surface area contributed by atoms with E-state index >= 15 is 0 Å². The summed E-state index contributed by atoms with van der Waals surface area (Å²) in [6.45, 7) is 4.84. The molecule has 0 radical (unpaired) electrons. The van der Waals surface area contributed by atoms with Crippen LogP contribution in [0.3, 0.4) is 0 Å². The van der Waals surface area contributed by atoms with Crippen molar-refractivity contribution >= 4 is 41.3 Å². The molecule has 1 heterocycles. The molecule has 7 heteroatoms. The summed E-state index contributed by atoms with van der Waals surface area (Å²) in [4.78, 5) is 8.65. The lowest BCUT2D eigenvalue weighted by molar-refractivity contribution is 0.125. The first-order chi connectivity index (χ1) is 11.3. The molecule has 0 unspecified atom stereocenters. The van der Waals surface area contributed by atoms with Crippen molar-refractivity contribution in [2.24, 2.45) is 4.99 Å². The highest BCUT2D eigenvalue weighted by molar-refractivity contribution is 14.0. The molecule has 0 aliphatic heterocycles. The van der Waals surface area contributed by atoms with Crippen LogP contribution in [0.25, 0.3) is 0 Å². The van der Waals surface area contributed by atoms with E-state index in [2.05, 4.69) is 38.1 Å². The van der Waals surface area contributed by atoms with Crippen molar-refractivity contribution in [3.8, 4) is 0 Å². The van der Waals surface area contributed by atoms with Gasteiger partial charge in [-0.15, -0.1) is 35.3 Å². The van der Waals surface area contributed by atoms with Gasteiger partial charge in [0.2, 0.25) is 0 Å². The molecule has 5 nitrogen and oxygen atoms in total. The van der Waals surface area contributed by atoms with Gasteiger partial charge < -0.3 is 15.4 Å². The first-order valence-electron chi connectivity index (χ1n) is 7.75. The molecule has 1 aromatic heterocycles. The van der Waals surface area contributed by atoms with Crippen molar-refractivity contribution in [2.45, 2.75) is 20.0 Å². The third-order valence-corrected chi connectivity index (χ3v) is 4.04. The van der Waals surface area contributed by atoms with Gasteiger partial charge in [-0.3, -0.25) is 4.99 Å². The Labute approximate surface area is 165 Å². The van der Waals surface area contributed by atoms with Crippen molar-refractivity contribution in [1.29, 1.82) is 0 Å². The van der Waals surface area contributed by atoms with E-state index in [-0.39, 0.29) is 24.0 Å². The molecule has 0 amide bonds. The number of nitrogens with one attached hydrogen (secondary N) is 2. The molecular weight excluding hydrogens is 435 g/mol. The number of halogens is 1. The van der Waals surface area contributed by atoms with Crippen molar-refractivity contribution in [3.05, 3.63) is 52.0 Å². The third-order valence-electron chi connectivity index (χ3n) is 3.21. The van der Waals surface area contributed by atoms with Gasteiger partial charge in [-0.2, -0.15) is 0 Å². The Hall–Kier alpha value is -1.19. The lowest BCUT2D eigenvalue weighted by atomic mass is 10.2. The zero-order valence-corrected chi connectivity index (χ0v) is 17.3. The van der Waals surface area contributed by atoms with Crippen LogP contribution in [0.15, 0.2) is 40.7 Å². The van der Waals surface area contributed by atoms with Crippen LogP contribution in [0.4, 0.5) is 0 Å². The molecule has 2 aromatic rings. The van der Waals surface area contributed by atoms with E-state index in [0.29, 0.717) is 13.2 Å². The van der Waals surface area contributed by atoms with Gasteiger partial charge in [0, 0.05) is 31.9 Å². The molecule has 0 fully saturated rings. The number of rotatable bonds is 8. The van der Waals surface area contributed by atoms with Gasteiger partial charge in [-0.1, -0.05) is 30.3 Å². The maximum Gasteiger partial charge on any atom is 0.191 e. The van der Waals surface area contributed by atoms with Gasteiger partial charge in [0.15, 0.2) is 5.96 Å². The van der Waals surface area contributed by atoms with Crippen molar-refractivity contribution < 1.29 is 4.74 Å². The van der Waals surface area contributed by atoms with E-state index in [0.717, 1.165) is 36.2 Å². The smallest absolute Gasteiger partial charge is 0.191 e. The van der Waals surface area contributed by atoms with Crippen molar-refractivity contribution in [3.63, 3.8) is 0 Å². The van der Waals surface area contributed by atoms with E-state index in [9.17, 15) is 0 Å². The number of aryl methyl sites for hydroxylation is 1. The predicted octanol–water partition coefficient (Wildman–Crippen LogP) is 2.99. The Morgan fingerprint density at radius 1 is 1.21 bits per heavy atom. The Bertz CT molecular complexity index is 604. The minimum absolute atomic E-state index is 0. The van der Waals surface area contributed by atoms with Gasteiger partial charge in [-0.25, -0.2) is 4.98 Å². The topological polar surface area (TPSA) is 58.5 Å². The van der Waals surface area contributed by atoms with Crippen LogP contribution in [0, 0.1) is 6.92 Å². The van der Waals surface area contributed by atoms with E-state index in [1.807, 2.05) is 25.1 Å². The zero-order valence-electron chi connectivity index (χ0n) is 14.1. The first-order valence-corrected chi connectivity index (χ1v) is 8.63. The van der Waals surface area contributed by atoms with Gasteiger partial charge >= 0.3 is 0 Å². The number of benzene rings is 1. The van der Waals surface area contributed by atoms with E-state index in [4.69, 9.17) is 4.74 Å². The average Bonchev–Trinajstić information content (AvgIpc) is 2.99. The fourth-order valence-electron chi connectivity index (χ4n) is 2.06. The lowest BCUT2D eigenvalue weighted by Gasteiger charge is -2.11. The highest BCUT2D eigenvalue weighted by atomic mass is 127. The van der Waals surface area contributed by atoms with Crippen molar-refractivity contribution in [2.75, 3.05) is 26.7 Å². The number of aliphatic imine (C=N–C) groups is 1. The standard InChI is InChI=1S/C17H24N4OS.HI/c1-14-21-16(13-23-14)8-9-19-17(18-2)20-10-11-22-12-15-6-4-3-5-7-15;/h3-7,13H,8-12H2,1-2H3,(H2,18,19,20);1H. The Balaban J connectivity index is 0.00000288.